The number of nitrogens with one attached hydrogen (secondary N) is 1. The molecule has 2 aromatic rings. The summed E-state index contributed by atoms with van der Waals surface area (Å²) in [5.41, 5.74) is 1.53. The van der Waals surface area contributed by atoms with E-state index in [1.54, 1.807) is 12.3 Å². The van der Waals surface area contributed by atoms with Gasteiger partial charge in [-0.3, -0.25) is 4.79 Å². The van der Waals surface area contributed by atoms with Crippen molar-refractivity contribution in [1.29, 1.82) is 0 Å². The SMILES string of the molecule is O=C(NCc1ccccc1Cl)c1cccnc1N1CCCC1. The second-order valence-corrected chi connectivity index (χ2v) is 5.75. The lowest BCUT2D eigenvalue weighted by atomic mass is 10.2. The zero-order chi connectivity index (χ0) is 15.4. The summed E-state index contributed by atoms with van der Waals surface area (Å²) < 4.78 is 0. The van der Waals surface area contributed by atoms with E-state index in [2.05, 4.69) is 15.2 Å². The fourth-order valence-electron chi connectivity index (χ4n) is 2.67. The van der Waals surface area contributed by atoms with Crippen molar-refractivity contribution in [3.05, 3.63) is 58.7 Å². The highest BCUT2D eigenvalue weighted by molar-refractivity contribution is 6.31. The van der Waals surface area contributed by atoms with Crippen LogP contribution >= 0.6 is 11.6 Å². The van der Waals surface area contributed by atoms with Crippen molar-refractivity contribution in [2.45, 2.75) is 19.4 Å². The zero-order valence-electron chi connectivity index (χ0n) is 12.3. The fourth-order valence-corrected chi connectivity index (χ4v) is 2.87. The van der Waals surface area contributed by atoms with Crippen molar-refractivity contribution >= 4 is 23.3 Å². The minimum atomic E-state index is -0.116. The first-order valence-electron chi connectivity index (χ1n) is 7.47. The molecular formula is C17H18ClN3O. The number of rotatable bonds is 4. The molecule has 3 rings (SSSR count). The molecule has 0 saturated carbocycles. The number of nitrogens with zero attached hydrogens (tertiary/aromatic N) is 2. The monoisotopic (exact) mass is 315 g/mol. The minimum absolute atomic E-state index is 0.116. The van der Waals surface area contributed by atoms with E-state index in [1.165, 1.54) is 0 Å². The summed E-state index contributed by atoms with van der Waals surface area (Å²) in [6.07, 6.45) is 4.03. The molecule has 0 spiro atoms. The molecule has 1 aromatic carbocycles. The largest absolute Gasteiger partial charge is 0.356 e. The number of carbonyl (C=O) groups excluding carboxylic acids is 1. The molecule has 0 atom stereocenters. The summed E-state index contributed by atoms with van der Waals surface area (Å²) >= 11 is 6.12. The van der Waals surface area contributed by atoms with Crippen molar-refractivity contribution < 1.29 is 4.79 Å². The Hall–Kier alpha value is -2.07. The molecule has 4 nitrogen and oxygen atoms in total. The van der Waals surface area contributed by atoms with Crippen molar-refractivity contribution in [2.24, 2.45) is 0 Å². The number of carbonyl (C=O) groups is 1. The molecule has 0 bridgehead atoms. The molecule has 1 aromatic heterocycles. The van der Waals surface area contributed by atoms with Crippen LogP contribution in [0, 0.1) is 0 Å². The van der Waals surface area contributed by atoms with Gasteiger partial charge in [0, 0.05) is 30.9 Å². The average molecular weight is 316 g/mol. The van der Waals surface area contributed by atoms with Gasteiger partial charge in [0.25, 0.3) is 5.91 Å². The van der Waals surface area contributed by atoms with E-state index in [4.69, 9.17) is 11.6 Å². The van der Waals surface area contributed by atoms with Crippen molar-refractivity contribution in [1.82, 2.24) is 10.3 Å². The van der Waals surface area contributed by atoms with Gasteiger partial charge in [-0.1, -0.05) is 29.8 Å². The quantitative estimate of drug-likeness (QED) is 0.942. The van der Waals surface area contributed by atoms with Gasteiger partial charge in [-0.2, -0.15) is 0 Å². The lowest BCUT2D eigenvalue weighted by Gasteiger charge is -2.19. The molecule has 5 heteroatoms. The minimum Gasteiger partial charge on any atom is -0.356 e. The first kappa shape index (κ1) is 14.9. The van der Waals surface area contributed by atoms with E-state index in [0.29, 0.717) is 17.1 Å². The molecule has 0 radical (unpaired) electrons. The molecular weight excluding hydrogens is 298 g/mol. The highest BCUT2D eigenvalue weighted by Gasteiger charge is 2.20. The molecule has 1 saturated heterocycles. The molecule has 1 N–H and O–H groups in total. The van der Waals surface area contributed by atoms with Crippen LogP contribution in [0.4, 0.5) is 5.82 Å². The second-order valence-electron chi connectivity index (χ2n) is 5.34. The summed E-state index contributed by atoms with van der Waals surface area (Å²) in [5, 5.41) is 3.59. The summed E-state index contributed by atoms with van der Waals surface area (Å²) in [6.45, 7) is 2.33. The summed E-state index contributed by atoms with van der Waals surface area (Å²) in [7, 11) is 0. The lowest BCUT2D eigenvalue weighted by molar-refractivity contribution is 0.0951. The summed E-state index contributed by atoms with van der Waals surface area (Å²) in [4.78, 5) is 19.1. The lowest BCUT2D eigenvalue weighted by Crippen LogP contribution is -2.28. The number of hydrogen-bond donors (Lipinski definition) is 1. The maximum atomic E-state index is 12.5. The molecule has 1 amide bonds. The number of halogens is 1. The Labute approximate surface area is 135 Å². The molecule has 0 aliphatic carbocycles. The molecule has 0 unspecified atom stereocenters. The van der Waals surface area contributed by atoms with Gasteiger partial charge in [-0.25, -0.2) is 4.98 Å². The summed E-state index contributed by atoms with van der Waals surface area (Å²) in [6, 6.07) is 11.1. The van der Waals surface area contributed by atoms with Gasteiger partial charge in [0.15, 0.2) is 0 Å². The molecule has 22 heavy (non-hydrogen) atoms. The van der Waals surface area contributed by atoms with E-state index in [1.807, 2.05) is 30.3 Å². The van der Waals surface area contributed by atoms with Crippen LogP contribution in [0.1, 0.15) is 28.8 Å². The van der Waals surface area contributed by atoms with E-state index >= 15 is 0 Å². The molecule has 1 fully saturated rings. The molecule has 1 aliphatic heterocycles. The normalized spacial score (nSPS) is 14.1. The topological polar surface area (TPSA) is 45.2 Å². The Kier molecular flexibility index (Phi) is 4.59. The van der Waals surface area contributed by atoms with Crippen LogP contribution in [0.2, 0.25) is 5.02 Å². The predicted molar refractivity (Wildman–Crippen MR) is 88.3 cm³/mol. The first-order valence-corrected chi connectivity index (χ1v) is 7.85. The first-order chi connectivity index (χ1) is 10.8. The Bertz CT molecular complexity index is 668. The zero-order valence-corrected chi connectivity index (χ0v) is 13.0. The number of pyridine rings is 1. The standard InChI is InChI=1S/C17H18ClN3O/c18-15-8-2-1-6-13(15)12-20-17(22)14-7-5-9-19-16(14)21-10-3-4-11-21/h1-2,5-9H,3-4,10-12H2,(H,20,22). The van der Waals surface area contributed by atoms with Crippen LogP contribution in [0.15, 0.2) is 42.6 Å². The van der Waals surface area contributed by atoms with E-state index in [0.717, 1.165) is 37.3 Å². The van der Waals surface area contributed by atoms with Crippen LogP contribution in [-0.4, -0.2) is 24.0 Å². The van der Waals surface area contributed by atoms with E-state index in [-0.39, 0.29) is 5.91 Å². The van der Waals surface area contributed by atoms with Gasteiger partial charge >= 0.3 is 0 Å². The van der Waals surface area contributed by atoms with E-state index < -0.39 is 0 Å². The van der Waals surface area contributed by atoms with Crippen LogP contribution in [-0.2, 0) is 6.54 Å². The predicted octanol–water partition coefficient (Wildman–Crippen LogP) is 3.27. The second kappa shape index (κ2) is 6.79. The summed E-state index contributed by atoms with van der Waals surface area (Å²) in [5.74, 6) is 0.659. The van der Waals surface area contributed by atoms with Gasteiger partial charge in [0.2, 0.25) is 0 Å². The highest BCUT2D eigenvalue weighted by Crippen LogP contribution is 2.22. The Morgan fingerprint density at radius 1 is 1.18 bits per heavy atom. The maximum absolute atomic E-state index is 12.5. The van der Waals surface area contributed by atoms with Gasteiger partial charge < -0.3 is 10.2 Å². The van der Waals surface area contributed by atoms with Crippen molar-refractivity contribution in [3.63, 3.8) is 0 Å². The van der Waals surface area contributed by atoms with Crippen molar-refractivity contribution in [3.8, 4) is 0 Å². The smallest absolute Gasteiger partial charge is 0.255 e. The number of anilines is 1. The van der Waals surface area contributed by atoms with Gasteiger partial charge in [0.05, 0.1) is 5.56 Å². The third-order valence-electron chi connectivity index (χ3n) is 3.83. The van der Waals surface area contributed by atoms with Gasteiger partial charge in [0.1, 0.15) is 5.82 Å². The number of amides is 1. The highest BCUT2D eigenvalue weighted by atomic mass is 35.5. The van der Waals surface area contributed by atoms with Crippen LogP contribution in [0.3, 0.4) is 0 Å². The third-order valence-corrected chi connectivity index (χ3v) is 4.20. The third kappa shape index (κ3) is 3.22. The maximum Gasteiger partial charge on any atom is 0.255 e. The fraction of sp³-hybridized carbons (Fsp3) is 0.294. The number of aromatic nitrogens is 1. The van der Waals surface area contributed by atoms with Crippen molar-refractivity contribution in [2.75, 3.05) is 18.0 Å². The Morgan fingerprint density at radius 2 is 1.95 bits per heavy atom. The van der Waals surface area contributed by atoms with Crippen LogP contribution < -0.4 is 10.2 Å². The van der Waals surface area contributed by atoms with E-state index in [9.17, 15) is 4.79 Å². The van der Waals surface area contributed by atoms with Crippen LogP contribution in [0.5, 0.6) is 0 Å². The number of benzene rings is 1. The Morgan fingerprint density at radius 3 is 2.73 bits per heavy atom. The van der Waals surface area contributed by atoms with Gasteiger partial charge in [-0.05, 0) is 36.6 Å². The number of hydrogen-bond acceptors (Lipinski definition) is 3. The Balaban J connectivity index is 1.74. The molecule has 114 valence electrons. The van der Waals surface area contributed by atoms with Gasteiger partial charge in [-0.15, -0.1) is 0 Å². The molecule has 1 aliphatic rings. The average Bonchev–Trinajstić information content (AvgIpc) is 3.08. The molecule has 2 heterocycles. The van der Waals surface area contributed by atoms with Crippen LogP contribution in [0.25, 0.3) is 0 Å².